The molecule has 0 heterocycles. The first-order valence-corrected chi connectivity index (χ1v) is 8.94. The highest BCUT2D eigenvalue weighted by molar-refractivity contribution is 6.32. The zero-order valence-electron chi connectivity index (χ0n) is 14.4. The highest BCUT2D eigenvalue weighted by Crippen LogP contribution is 2.52. The fourth-order valence-electron chi connectivity index (χ4n) is 4.58. The fraction of sp³-hybridized carbons (Fsp3) is 0.316. The SMILES string of the molecule is NC(=O)C1=C(O)C2(O)C(=O)C3=C(O)c4c(O)ccc(Cl)c4CC3CC2CC1=O. The second kappa shape index (κ2) is 5.83. The Balaban J connectivity index is 1.95. The summed E-state index contributed by atoms with van der Waals surface area (Å²) in [6.45, 7) is 0. The van der Waals surface area contributed by atoms with Crippen molar-refractivity contribution in [1.29, 1.82) is 0 Å². The highest BCUT2D eigenvalue weighted by Gasteiger charge is 2.60. The molecule has 3 aliphatic carbocycles. The number of benzene rings is 1. The number of phenolic OH excluding ortho intramolecular Hbond substituents is 1. The smallest absolute Gasteiger partial charge is 0.255 e. The maximum atomic E-state index is 13.2. The molecule has 28 heavy (non-hydrogen) atoms. The Morgan fingerprint density at radius 3 is 2.50 bits per heavy atom. The minimum Gasteiger partial charge on any atom is -0.508 e. The predicted molar refractivity (Wildman–Crippen MR) is 96.4 cm³/mol. The Morgan fingerprint density at radius 1 is 1.18 bits per heavy atom. The summed E-state index contributed by atoms with van der Waals surface area (Å²) in [5.74, 6) is -6.53. The number of hydrogen-bond acceptors (Lipinski definition) is 7. The van der Waals surface area contributed by atoms with Gasteiger partial charge in [0, 0.05) is 22.9 Å². The van der Waals surface area contributed by atoms with E-state index in [1.165, 1.54) is 12.1 Å². The van der Waals surface area contributed by atoms with Gasteiger partial charge < -0.3 is 26.2 Å². The number of Topliss-reactive ketones (excluding diaryl/α,β-unsaturated/α-hetero) is 2. The molecule has 3 unspecified atom stereocenters. The number of carbonyl (C=O) groups excluding carboxylic acids is 3. The molecule has 0 aromatic heterocycles. The number of carbonyl (C=O) groups is 3. The summed E-state index contributed by atoms with van der Waals surface area (Å²) in [5, 5.41) is 42.6. The van der Waals surface area contributed by atoms with Crippen molar-refractivity contribution >= 4 is 34.8 Å². The Bertz CT molecular complexity index is 1040. The molecule has 146 valence electrons. The molecule has 0 bridgehead atoms. The average Bonchev–Trinajstić information content (AvgIpc) is 2.61. The van der Waals surface area contributed by atoms with Crippen molar-refractivity contribution in [3.63, 3.8) is 0 Å². The van der Waals surface area contributed by atoms with Crippen molar-refractivity contribution in [1.82, 2.24) is 0 Å². The molecule has 1 saturated carbocycles. The monoisotopic (exact) mass is 405 g/mol. The number of amides is 1. The first-order chi connectivity index (χ1) is 13.1. The number of aliphatic hydroxyl groups excluding tert-OH is 2. The lowest BCUT2D eigenvalue weighted by molar-refractivity contribution is -0.147. The van der Waals surface area contributed by atoms with Crippen LogP contribution in [0.1, 0.15) is 24.0 Å². The summed E-state index contributed by atoms with van der Waals surface area (Å²) in [5.41, 5.74) is 2.01. The van der Waals surface area contributed by atoms with Gasteiger partial charge in [-0.15, -0.1) is 0 Å². The molecule has 9 heteroatoms. The minimum atomic E-state index is -2.55. The van der Waals surface area contributed by atoms with Crippen LogP contribution in [0.25, 0.3) is 5.76 Å². The molecule has 0 saturated heterocycles. The molecule has 3 atom stereocenters. The molecule has 6 N–H and O–H groups in total. The molecule has 4 rings (SSSR count). The van der Waals surface area contributed by atoms with Crippen LogP contribution in [0.3, 0.4) is 0 Å². The molecule has 0 aliphatic heterocycles. The van der Waals surface area contributed by atoms with Gasteiger partial charge in [-0.05, 0) is 36.5 Å². The Kier molecular flexibility index (Phi) is 3.85. The quantitative estimate of drug-likeness (QED) is 0.437. The predicted octanol–water partition coefficient (Wildman–Crippen LogP) is 1.08. The van der Waals surface area contributed by atoms with Gasteiger partial charge in [-0.2, -0.15) is 0 Å². The van der Waals surface area contributed by atoms with E-state index in [0.717, 1.165) is 0 Å². The maximum Gasteiger partial charge on any atom is 0.255 e. The number of halogens is 1. The van der Waals surface area contributed by atoms with Crippen LogP contribution in [0, 0.1) is 11.8 Å². The number of fused-ring (bicyclic) bond motifs is 3. The summed E-state index contributed by atoms with van der Waals surface area (Å²) in [6, 6.07) is 2.73. The van der Waals surface area contributed by atoms with E-state index >= 15 is 0 Å². The van der Waals surface area contributed by atoms with Crippen molar-refractivity contribution in [2.45, 2.75) is 24.9 Å². The van der Waals surface area contributed by atoms with Crippen LogP contribution >= 0.6 is 11.6 Å². The number of aliphatic hydroxyl groups is 3. The van der Waals surface area contributed by atoms with Gasteiger partial charge in [-0.3, -0.25) is 14.4 Å². The minimum absolute atomic E-state index is 0.0142. The lowest BCUT2D eigenvalue weighted by atomic mass is 9.59. The molecular formula is C19H16ClNO7. The van der Waals surface area contributed by atoms with E-state index in [4.69, 9.17) is 17.3 Å². The lowest BCUT2D eigenvalue weighted by Gasteiger charge is -2.46. The Labute approximate surface area is 163 Å². The summed E-state index contributed by atoms with van der Waals surface area (Å²) in [6.07, 6.45) is -0.0771. The summed E-state index contributed by atoms with van der Waals surface area (Å²) < 4.78 is 0. The average molecular weight is 406 g/mol. The number of ketones is 2. The van der Waals surface area contributed by atoms with Gasteiger partial charge in [0.25, 0.3) is 5.91 Å². The first-order valence-electron chi connectivity index (χ1n) is 8.56. The van der Waals surface area contributed by atoms with E-state index in [1.807, 2.05) is 0 Å². The van der Waals surface area contributed by atoms with Gasteiger partial charge in [0.15, 0.2) is 11.4 Å². The maximum absolute atomic E-state index is 13.2. The van der Waals surface area contributed by atoms with Crippen molar-refractivity contribution in [3.05, 3.63) is 45.2 Å². The van der Waals surface area contributed by atoms with Crippen LogP contribution in [-0.2, 0) is 20.8 Å². The van der Waals surface area contributed by atoms with Crippen molar-refractivity contribution in [2.75, 3.05) is 0 Å². The molecule has 8 nitrogen and oxygen atoms in total. The van der Waals surface area contributed by atoms with Crippen molar-refractivity contribution in [3.8, 4) is 5.75 Å². The van der Waals surface area contributed by atoms with Crippen molar-refractivity contribution in [2.24, 2.45) is 17.6 Å². The second-order valence-electron chi connectivity index (χ2n) is 7.33. The van der Waals surface area contributed by atoms with E-state index in [9.17, 15) is 34.8 Å². The van der Waals surface area contributed by atoms with Gasteiger partial charge in [0.2, 0.25) is 5.78 Å². The number of phenols is 1. The Morgan fingerprint density at radius 2 is 1.86 bits per heavy atom. The van der Waals surface area contributed by atoms with Crippen LogP contribution in [0.5, 0.6) is 5.75 Å². The van der Waals surface area contributed by atoms with E-state index in [0.29, 0.717) is 10.6 Å². The van der Waals surface area contributed by atoms with Gasteiger partial charge in [-0.1, -0.05) is 11.6 Å². The van der Waals surface area contributed by atoms with Crippen LogP contribution in [0.2, 0.25) is 5.02 Å². The van der Waals surface area contributed by atoms with Gasteiger partial charge >= 0.3 is 0 Å². The van der Waals surface area contributed by atoms with Gasteiger partial charge in [0.05, 0.1) is 5.56 Å². The second-order valence-corrected chi connectivity index (χ2v) is 7.73. The number of aromatic hydroxyl groups is 1. The fourth-order valence-corrected chi connectivity index (χ4v) is 4.82. The number of nitrogens with two attached hydrogens (primary N) is 1. The number of hydrogen-bond donors (Lipinski definition) is 5. The normalized spacial score (nSPS) is 29.4. The lowest BCUT2D eigenvalue weighted by Crippen LogP contribution is -2.58. The van der Waals surface area contributed by atoms with E-state index < -0.39 is 52.0 Å². The largest absolute Gasteiger partial charge is 0.508 e. The molecular weight excluding hydrogens is 390 g/mol. The van der Waals surface area contributed by atoms with E-state index in [2.05, 4.69) is 0 Å². The third kappa shape index (κ3) is 2.18. The molecule has 1 amide bonds. The molecule has 1 fully saturated rings. The third-order valence-electron chi connectivity index (χ3n) is 5.89. The Hall–Kier alpha value is -2.84. The van der Waals surface area contributed by atoms with Gasteiger partial charge in [0.1, 0.15) is 22.8 Å². The number of primary amides is 1. The molecule has 1 aromatic carbocycles. The zero-order chi connectivity index (χ0) is 20.5. The van der Waals surface area contributed by atoms with E-state index in [1.54, 1.807) is 0 Å². The first kappa shape index (κ1) is 18.5. The van der Waals surface area contributed by atoms with Crippen LogP contribution in [-0.4, -0.2) is 43.5 Å². The summed E-state index contributed by atoms with van der Waals surface area (Å²) in [4.78, 5) is 36.9. The zero-order valence-corrected chi connectivity index (χ0v) is 15.2. The highest BCUT2D eigenvalue weighted by atomic mass is 35.5. The molecule has 0 spiro atoms. The van der Waals surface area contributed by atoms with Crippen LogP contribution in [0.4, 0.5) is 0 Å². The third-order valence-corrected chi connectivity index (χ3v) is 6.24. The summed E-state index contributed by atoms with van der Waals surface area (Å²) in [7, 11) is 0. The summed E-state index contributed by atoms with van der Waals surface area (Å²) >= 11 is 6.18. The molecule has 1 aromatic rings. The van der Waals surface area contributed by atoms with E-state index in [-0.39, 0.29) is 36.1 Å². The molecule has 3 aliphatic rings. The topological polar surface area (TPSA) is 158 Å². The van der Waals surface area contributed by atoms with Crippen molar-refractivity contribution < 1.29 is 34.8 Å². The van der Waals surface area contributed by atoms with Crippen LogP contribution in [0.15, 0.2) is 29.0 Å². The van der Waals surface area contributed by atoms with Crippen LogP contribution < -0.4 is 5.73 Å². The molecule has 0 radical (unpaired) electrons. The standard InChI is InChI=1S/C19H16ClNO7/c20-9-1-2-10(22)13-8(9)4-6-3-7-5-11(23)14(18(21)27)17(26)19(7,28)16(25)12(6)15(13)24/h1-2,6-7,22,24,26,28H,3-5H2,(H2,21,27). The number of rotatable bonds is 1. The van der Waals surface area contributed by atoms with Gasteiger partial charge in [-0.25, -0.2) is 0 Å².